The molecule has 2 amide bonds. The molecule has 2 N–H and O–H groups in total. The molecule has 1 atom stereocenters. The number of rotatable bonds is 6. The van der Waals surface area contributed by atoms with Gasteiger partial charge in [-0.25, -0.2) is 9.37 Å². The third-order valence-corrected chi connectivity index (χ3v) is 4.58. The quantitative estimate of drug-likeness (QED) is 0.632. The SMILES string of the molecule is O=C(NCCCn1cccn1)c1cn2c(n1)C(=O)N[C@H](c1ccc(F)cc1)C2. The fourth-order valence-electron chi connectivity index (χ4n) is 3.16. The number of hydrogen-bond acceptors (Lipinski definition) is 4. The maximum atomic E-state index is 13.1. The number of benzene rings is 1. The second-order valence-electron chi connectivity index (χ2n) is 6.56. The van der Waals surface area contributed by atoms with Crippen molar-refractivity contribution in [1.82, 2.24) is 30.0 Å². The van der Waals surface area contributed by atoms with Crippen molar-refractivity contribution < 1.29 is 14.0 Å². The molecule has 0 saturated heterocycles. The summed E-state index contributed by atoms with van der Waals surface area (Å²) < 4.78 is 16.6. The Morgan fingerprint density at radius 2 is 2.14 bits per heavy atom. The van der Waals surface area contributed by atoms with E-state index < -0.39 is 0 Å². The molecule has 0 spiro atoms. The number of amides is 2. The van der Waals surface area contributed by atoms with Crippen molar-refractivity contribution in [3.05, 3.63) is 71.8 Å². The highest BCUT2D eigenvalue weighted by atomic mass is 19.1. The summed E-state index contributed by atoms with van der Waals surface area (Å²) in [5.74, 6) is -0.826. The number of halogens is 1. The van der Waals surface area contributed by atoms with Gasteiger partial charge in [-0.3, -0.25) is 14.3 Å². The van der Waals surface area contributed by atoms with Gasteiger partial charge in [-0.15, -0.1) is 0 Å². The highest BCUT2D eigenvalue weighted by molar-refractivity contribution is 5.96. The van der Waals surface area contributed by atoms with Crippen LogP contribution in [0.25, 0.3) is 0 Å². The zero-order valence-corrected chi connectivity index (χ0v) is 15.0. The second kappa shape index (κ2) is 7.63. The highest BCUT2D eigenvalue weighted by Gasteiger charge is 2.28. The molecule has 1 aromatic carbocycles. The molecule has 9 heteroatoms. The molecule has 2 aromatic heterocycles. The monoisotopic (exact) mass is 382 g/mol. The molecule has 3 aromatic rings. The van der Waals surface area contributed by atoms with Gasteiger partial charge in [0, 0.05) is 38.2 Å². The van der Waals surface area contributed by atoms with Crippen molar-refractivity contribution in [3.63, 3.8) is 0 Å². The third kappa shape index (κ3) is 3.78. The molecule has 144 valence electrons. The van der Waals surface area contributed by atoms with E-state index in [-0.39, 0.29) is 35.2 Å². The number of fused-ring (bicyclic) bond motifs is 1. The Hall–Kier alpha value is -3.49. The number of nitrogens with one attached hydrogen (secondary N) is 2. The number of hydrogen-bond donors (Lipinski definition) is 2. The Labute approximate surface area is 160 Å². The molecule has 28 heavy (non-hydrogen) atoms. The molecule has 0 bridgehead atoms. The largest absolute Gasteiger partial charge is 0.351 e. The zero-order chi connectivity index (χ0) is 19.5. The van der Waals surface area contributed by atoms with Gasteiger partial charge < -0.3 is 15.2 Å². The molecule has 3 heterocycles. The van der Waals surface area contributed by atoms with Crippen LogP contribution in [0, 0.1) is 5.82 Å². The molecule has 8 nitrogen and oxygen atoms in total. The van der Waals surface area contributed by atoms with E-state index in [1.807, 2.05) is 12.3 Å². The van der Waals surface area contributed by atoms with Gasteiger partial charge in [-0.1, -0.05) is 12.1 Å². The predicted octanol–water partition coefficient (Wildman–Crippen LogP) is 1.52. The summed E-state index contributed by atoms with van der Waals surface area (Å²) in [6.07, 6.45) is 5.88. The van der Waals surface area contributed by atoms with Crippen molar-refractivity contribution in [1.29, 1.82) is 0 Å². The van der Waals surface area contributed by atoms with Crippen LogP contribution in [0.15, 0.2) is 48.9 Å². The van der Waals surface area contributed by atoms with Crippen molar-refractivity contribution in [2.24, 2.45) is 0 Å². The molecule has 0 unspecified atom stereocenters. The minimum Gasteiger partial charge on any atom is -0.351 e. The summed E-state index contributed by atoms with van der Waals surface area (Å²) in [7, 11) is 0. The smallest absolute Gasteiger partial charge is 0.287 e. The minimum absolute atomic E-state index is 0.194. The molecule has 0 aliphatic carbocycles. The highest BCUT2D eigenvalue weighted by Crippen LogP contribution is 2.21. The van der Waals surface area contributed by atoms with Crippen LogP contribution in [0.5, 0.6) is 0 Å². The fourth-order valence-corrected chi connectivity index (χ4v) is 3.16. The normalized spacial score (nSPS) is 15.8. The zero-order valence-electron chi connectivity index (χ0n) is 15.0. The Morgan fingerprint density at radius 3 is 2.89 bits per heavy atom. The average Bonchev–Trinajstić information content (AvgIpc) is 3.35. The first-order valence-electron chi connectivity index (χ1n) is 8.99. The van der Waals surface area contributed by atoms with E-state index in [0.29, 0.717) is 19.6 Å². The van der Waals surface area contributed by atoms with Crippen LogP contribution < -0.4 is 10.6 Å². The van der Waals surface area contributed by atoms with Gasteiger partial charge in [0.05, 0.1) is 6.04 Å². The van der Waals surface area contributed by atoms with Gasteiger partial charge >= 0.3 is 0 Å². The Kier molecular flexibility index (Phi) is 4.88. The van der Waals surface area contributed by atoms with Crippen LogP contribution in [0.1, 0.15) is 39.1 Å². The van der Waals surface area contributed by atoms with Crippen LogP contribution in [-0.4, -0.2) is 37.7 Å². The number of carbonyl (C=O) groups excluding carboxylic acids is 2. The number of aryl methyl sites for hydroxylation is 1. The molecular formula is C19H19FN6O2. The lowest BCUT2D eigenvalue weighted by Crippen LogP contribution is -2.38. The van der Waals surface area contributed by atoms with Gasteiger partial charge in [0.15, 0.2) is 5.82 Å². The van der Waals surface area contributed by atoms with Crippen molar-refractivity contribution >= 4 is 11.8 Å². The predicted molar refractivity (Wildman–Crippen MR) is 98.0 cm³/mol. The lowest BCUT2D eigenvalue weighted by Gasteiger charge is -2.25. The number of aromatic nitrogens is 4. The standard InChI is InChI=1S/C19H19FN6O2/c20-14-5-3-13(4-6-14)15-11-25-12-16(23-17(25)19(28)24-15)18(27)21-7-1-9-26-10-2-8-22-26/h2-6,8,10,12,15H,1,7,9,11H2,(H,21,27)(H,24,28)/t15-/m0/s1. The van der Waals surface area contributed by atoms with Gasteiger partial charge in [0.1, 0.15) is 11.5 Å². The van der Waals surface area contributed by atoms with E-state index in [1.165, 1.54) is 12.1 Å². The minimum atomic E-state index is -0.363. The van der Waals surface area contributed by atoms with Crippen molar-refractivity contribution in [2.45, 2.75) is 25.6 Å². The van der Waals surface area contributed by atoms with Crippen molar-refractivity contribution in [3.8, 4) is 0 Å². The van der Waals surface area contributed by atoms with E-state index in [0.717, 1.165) is 12.0 Å². The summed E-state index contributed by atoms with van der Waals surface area (Å²) in [4.78, 5) is 28.9. The Morgan fingerprint density at radius 1 is 1.32 bits per heavy atom. The van der Waals surface area contributed by atoms with E-state index in [1.54, 1.807) is 33.8 Å². The topological polar surface area (TPSA) is 93.8 Å². The maximum Gasteiger partial charge on any atom is 0.287 e. The number of nitrogens with zero attached hydrogens (tertiary/aromatic N) is 4. The average molecular weight is 382 g/mol. The van der Waals surface area contributed by atoms with Gasteiger partial charge in [0.2, 0.25) is 0 Å². The summed E-state index contributed by atoms with van der Waals surface area (Å²) in [6, 6.07) is 7.52. The molecule has 1 aliphatic heterocycles. The maximum absolute atomic E-state index is 13.1. The molecule has 1 aliphatic rings. The van der Waals surface area contributed by atoms with E-state index in [2.05, 4.69) is 20.7 Å². The first-order chi connectivity index (χ1) is 13.6. The second-order valence-corrected chi connectivity index (χ2v) is 6.56. The van der Waals surface area contributed by atoms with Gasteiger partial charge in [0.25, 0.3) is 11.8 Å². The first kappa shape index (κ1) is 17.9. The number of carbonyl (C=O) groups is 2. The van der Waals surface area contributed by atoms with E-state index in [9.17, 15) is 14.0 Å². The Bertz CT molecular complexity index is 981. The first-order valence-corrected chi connectivity index (χ1v) is 8.99. The summed E-state index contributed by atoms with van der Waals surface area (Å²) in [6.45, 7) is 1.60. The summed E-state index contributed by atoms with van der Waals surface area (Å²) >= 11 is 0. The molecule has 4 rings (SSSR count). The van der Waals surface area contributed by atoms with E-state index in [4.69, 9.17) is 0 Å². The van der Waals surface area contributed by atoms with E-state index >= 15 is 0 Å². The molecule has 0 saturated carbocycles. The van der Waals surface area contributed by atoms with Crippen LogP contribution >= 0.6 is 0 Å². The lowest BCUT2D eigenvalue weighted by atomic mass is 10.1. The van der Waals surface area contributed by atoms with Crippen molar-refractivity contribution in [2.75, 3.05) is 6.54 Å². The molecule has 0 radical (unpaired) electrons. The fraction of sp³-hybridized carbons (Fsp3) is 0.263. The lowest BCUT2D eigenvalue weighted by molar-refractivity contribution is 0.0894. The third-order valence-electron chi connectivity index (χ3n) is 4.58. The Balaban J connectivity index is 1.38. The van der Waals surface area contributed by atoms with Crippen LogP contribution in [-0.2, 0) is 13.1 Å². The number of imidazole rings is 1. The van der Waals surface area contributed by atoms with Crippen LogP contribution in [0.3, 0.4) is 0 Å². The molecular weight excluding hydrogens is 363 g/mol. The molecule has 0 fully saturated rings. The van der Waals surface area contributed by atoms with Gasteiger partial charge in [-0.2, -0.15) is 5.10 Å². The van der Waals surface area contributed by atoms with Crippen LogP contribution in [0.4, 0.5) is 4.39 Å². The summed E-state index contributed by atoms with van der Waals surface area (Å²) in [5.41, 5.74) is 0.989. The van der Waals surface area contributed by atoms with Gasteiger partial charge in [-0.05, 0) is 30.2 Å². The summed E-state index contributed by atoms with van der Waals surface area (Å²) in [5, 5.41) is 9.75. The van der Waals surface area contributed by atoms with Crippen LogP contribution in [0.2, 0.25) is 0 Å².